The standard InChI is InChI=1S/C15H23NO3/c1-10(2)11-7-8-12(13(9-11)18-6)16-14(17)19-15(3,4)5/h7-10H,1-6H3,(H,16,17). The summed E-state index contributed by atoms with van der Waals surface area (Å²) in [6, 6.07) is 5.73. The Morgan fingerprint density at radius 2 is 1.89 bits per heavy atom. The van der Waals surface area contributed by atoms with Crippen LogP contribution in [0.5, 0.6) is 5.75 Å². The number of carbonyl (C=O) groups is 1. The first kappa shape index (κ1) is 15.3. The van der Waals surface area contributed by atoms with Crippen LogP contribution in [0.1, 0.15) is 46.1 Å². The molecule has 0 spiro atoms. The van der Waals surface area contributed by atoms with Crippen LogP contribution < -0.4 is 10.1 Å². The maximum absolute atomic E-state index is 11.7. The topological polar surface area (TPSA) is 47.6 Å². The van der Waals surface area contributed by atoms with E-state index in [2.05, 4.69) is 19.2 Å². The molecule has 4 nitrogen and oxygen atoms in total. The molecule has 0 heterocycles. The molecule has 106 valence electrons. The summed E-state index contributed by atoms with van der Waals surface area (Å²) in [4.78, 5) is 11.7. The van der Waals surface area contributed by atoms with Gasteiger partial charge in [0.2, 0.25) is 0 Å². The second kappa shape index (κ2) is 5.95. The molecule has 0 aliphatic rings. The Hall–Kier alpha value is -1.71. The second-order valence-corrected chi connectivity index (χ2v) is 5.74. The number of anilines is 1. The first-order chi connectivity index (χ1) is 8.73. The van der Waals surface area contributed by atoms with Crippen molar-refractivity contribution in [3.8, 4) is 5.75 Å². The molecule has 0 saturated carbocycles. The van der Waals surface area contributed by atoms with Crippen molar-refractivity contribution in [1.29, 1.82) is 0 Å². The summed E-state index contributed by atoms with van der Waals surface area (Å²) in [5.74, 6) is 1.04. The molecule has 1 aromatic rings. The molecule has 1 rings (SSSR count). The van der Waals surface area contributed by atoms with Crippen LogP contribution in [0.4, 0.5) is 10.5 Å². The minimum Gasteiger partial charge on any atom is -0.495 e. The Morgan fingerprint density at radius 3 is 2.37 bits per heavy atom. The van der Waals surface area contributed by atoms with E-state index in [1.807, 2.05) is 39.0 Å². The molecule has 0 bridgehead atoms. The third kappa shape index (κ3) is 4.81. The SMILES string of the molecule is COc1cc(C(C)C)ccc1NC(=O)OC(C)(C)C. The van der Waals surface area contributed by atoms with E-state index >= 15 is 0 Å². The van der Waals surface area contributed by atoms with Gasteiger partial charge >= 0.3 is 6.09 Å². The predicted octanol–water partition coefficient (Wildman–Crippen LogP) is 4.17. The fourth-order valence-corrected chi connectivity index (χ4v) is 1.58. The van der Waals surface area contributed by atoms with Crippen LogP contribution in [0, 0.1) is 0 Å². The number of carbonyl (C=O) groups excluding carboxylic acids is 1. The Balaban J connectivity index is 2.86. The van der Waals surface area contributed by atoms with E-state index in [4.69, 9.17) is 9.47 Å². The van der Waals surface area contributed by atoms with Gasteiger partial charge < -0.3 is 9.47 Å². The Labute approximate surface area is 115 Å². The lowest BCUT2D eigenvalue weighted by Crippen LogP contribution is -2.27. The molecule has 0 saturated heterocycles. The molecule has 1 aromatic carbocycles. The highest BCUT2D eigenvalue weighted by Gasteiger charge is 2.17. The van der Waals surface area contributed by atoms with E-state index in [1.165, 1.54) is 0 Å². The van der Waals surface area contributed by atoms with Gasteiger partial charge in [-0.3, -0.25) is 5.32 Å². The molecule has 0 unspecified atom stereocenters. The highest BCUT2D eigenvalue weighted by atomic mass is 16.6. The van der Waals surface area contributed by atoms with Gasteiger partial charge in [0.1, 0.15) is 11.4 Å². The van der Waals surface area contributed by atoms with Gasteiger partial charge in [0.05, 0.1) is 12.8 Å². The molecule has 19 heavy (non-hydrogen) atoms. The molecule has 0 aromatic heterocycles. The average Bonchev–Trinajstić information content (AvgIpc) is 2.26. The molecule has 0 radical (unpaired) electrons. The minimum absolute atomic E-state index is 0.407. The van der Waals surface area contributed by atoms with Crippen LogP contribution in [0.3, 0.4) is 0 Å². The second-order valence-electron chi connectivity index (χ2n) is 5.74. The summed E-state index contributed by atoms with van der Waals surface area (Å²) in [6.07, 6.45) is -0.483. The molecular formula is C15H23NO3. The zero-order valence-corrected chi connectivity index (χ0v) is 12.5. The van der Waals surface area contributed by atoms with Crippen LogP contribution in [-0.2, 0) is 4.74 Å². The zero-order chi connectivity index (χ0) is 14.6. The van der Waals surface area contributed by atoms with Crippen molar-refractivity contribution in [3.05, 3.63) is 23.8 Å². The van der Waals surface area contributed by atoms with E-state index in [1.54, 1.807) is 7.11 Å². The molecule has 4 heteroatoms. The van der Waals surface area contributed by atoms with Crippen molar-refractivity contribution < 1.29 is 14.3 Å². The highest BCUT2D eigenvalue weighted by Crippen LogP contribution is 2.29. The van der Waals surface area contributed by atoms with Crippen molar-refractivity contribution in [1.82, 2.24) is 0 Å². The number of hydrogen-bond donors (Lipinski definition) is 1. The zero-order valence-electron chi connectivity index (χ0n) is 12.5. The van der Waals surface area contributed by atoms with Crippen LogP contribution in [0.2, 0.25) is 0 Å². The Morgan fingerprint density at radius 1 is 1.26 bits per heavy atom. The van der Waals surface area contributed by atoms with Gasteiger partial charge in [-0.05, 0) is 44.4 Å². The quantitative estimate of drug-likeness (QED) is 0.892. The minimum atomic E-state index is -0.519. The van der Waals surface area contributed by atoms with Crippen molar-refractivity contribution in [2.75, 3.05) is 12.4 Å². The lowest BCUT2D eigenvalue weighted by Gasteiger charge is -2.20. The number of benzene rings is 1. The maximum atomic E-state index is 11.7. The lowest BCUT2D eigenvalue weighted by molar-refractivity contribution is 0.0635. The van der Waals surface area contributed by atoms with Gasteiger partial charge in [0.15, 0.2) is 0 Å². The summed E-state index contributed by atoms with van der Waals surface area (Å²) < 4.78 is 10.5. The smallest absolute Gasteiger partial charge is 0.412 e. The Kier molecular flexibility index (Phi) is 4.81. The van der Waals surface area contributed by atoms with E-state index in [0.29, 0.717) is 17.4 Å². The van der Waals surface area contributed by atoms with E-state index in [-0.39, 0.29) is 0 Å². The maximum Gasteiger partial charge on any atom is 0.412 e. The fraction of sp³-hybridized carbons (Fsp3) is 0.533. The van der Waals surface area contributed by atoms with Gasteiger partial charge in [0.25, 0.3) is 0 Å². The first-order valence-corrected chi connectivity index (χ1v) is 6.41. The third-order valence-corrected chi connectivity index (χ3v) is 2.53. The molecule has 1 amide bonds. The average molecular weight is 265 g/mol. The van der Waals surface area contributed by atoms with Gasteiger partial charge in [-0.25, -0.2) is 4.79 Å². The third-order valence-electron chi connectivity index (χ3n) is 2.53. The number of hydrogen-bond acceptors (Lipinski definition) is 3. The fourth-order valence-electron chi connectivity index (χ4n) is 1.58. The van der Waals surface area contributed by atoms with Gasteiger partial charge in [-0.1, -0.05) is 19.9 Å². The van der Waals surface area contributed by atoms with E-state index in [0.717, 1.165) is 5.56 Å². The van der Waals surface area contributed by atoms with Crippen molar-refractivity contribution in [2.45, 2.75) is 46.1 Å². The molecule has 0 atom stereocenters. The number of amides is 1. The van der Waals surface area contributed by atoms with Crippen LogP contribution in [0.15, 0.2) is 18.2 Å². The number of rotatable bonds is 3. The summed E-state index contributed by atoms with van der Waals surface area (Å²) in [5, 5.41) is 2.70. The monoisotopic (exact) mass is 265 g/mol. The predicted molar refractivity (Wildman–Crippen MR) is 76.9 cm³/mol. The van der Waals surface area contributed by atoms with Crippen LogP contribution >= 0.6 is 0 Å². The first-order valence-electron chi connectivity index (χ1n) is 6.41. The number of nitrogens with one attached hydrogen (secondary N) is 1. The van der Waals surface area contributed by atoms with Crippen molar-refractivity contribution in [3.63, 3.8) is 0 Å². The van der Waals surface area contributed by atoms with E-state index in [9.17, 15) is 4.79 Å². The molecular weight excluding hydrogens is 242 g/mol. The van der Waals surface area contributed by atoms with E-state index < -0.39 is 11.7 Å². The van der Waals surface area contributed by atoms with Crippen LogP contribution in [0.25, 0.3) is 0 Å². The van der Waals surface area contributed by atoms with Crippen molar-refractivity contribution >= 4 is 11.8 Å². The normalized spacial score (nSPS) is 11.3. The largest absolute Gasteiger partial charge is 0.495 e. The van der Waals surface area contributed by atoms with Crippen LogP contribution in [-0.4, -0.2) is 18.8 Å². The molecule has 0 aliphatic carbocycles. The van der Waals surface area contributed by atoms with Gasteiger partial charge in [-0.2, -0.15) is 0 Å². The van der Waals surface area contributed by atoms with Crippen molar-refractivity contribution in [2.24, 2.45) is 0 Å². The number of methoxy groups -OCH3 is 1. The highest BCUT2D eigenvalue weighted by molar-refractivity contribution is 5.87. The lowest BCUT2D eigenvalue weighted by atomic mass is 10.0. The summed E-state index contributed by atoms with van der Waals surface area (Å²) in [6.45, 7) is 9.69. The number of ether oxygens (including phenoxy) is 2. The van der Waals surface area contributed by atoms with Gasteiger partial charge in [0, 0.05) is 0 Å². The van der Waals surface area contributed by atoms with Gasteiger partial charge in [-0.15, -0.1) is 0 Å². The summed E-state index contributed by atoms with van der Waals surface area (Å²) in [5.41, 5.74) is 1.25. The summed E-state index contributed by atoms with van der Waals surface area (Å²) in [7, 11) is 1.58. The molecule has 1 N–H and O–H groups in total. The Bertz CT molecular complexity index is 447. The molecule has 0 fully saturated rings. The molecule has 0 aliphatic heterocycles. The summed E-state index contributed by atoms with van der Waals surface area (Å²) >= 11 is 0.